The van der Waals surface area contributed by atoms with Crippen LogP contribution in [0.5, 0.6) is 0 Å². The van der Waals surface area contributed by atoms with E-state index in [9.17, 15) is 9.59 Å². The summed E-state index contributed by atoms with van der Waals surface area (Å²) >= 11 is 0. The molecule has 216 valence electrons. The van der Waals surface area contributed by atoms with Gasteiger partial charge in [0.1, 0.15) is 17.9 Å². The van der Waals surface area contributed by atoms with E-state index in [0.717, 1.165) is 40.5 Å². The van der Waals surface area contributed by atoms with Crippen molar-refractivity contribution in [1.82, 2.24) is 34.8 Å². The number of carbonyl (C=O) groups is 2. The first-order valence-electron chi connectivity index (χ1n) is 14.4. The predicted molar refractivity (Wildman–Crippen MR) is 160 cm³/mol. The Morgan fingerprint density at radius 1 is 1.02 bits per heavy atom. The summed E-state index contributed by atoms with van der Waals surface area (Å²) in [7, 11) is 1.89. The third kappa shape index (κ3) is 5.62. The SMILES string of the molecule is Cc1ccccc1CCN(C(=O)Cn1nnc2ccccc21)[C@H](C(=O)NC[C@H]1CCCO1)c1nc2ccccc2n1C. The highest BCUT2D eigenvalue weighted by molar-refractivity contribution is 5.90. The van der Waals surface area contributed by atoms with Gasteiger partial charge >= 0.3 is 0 Å². The van der Waals surface area contributed by atoms with Crippen LogP contribution in [0.1, 0.15) is 35.8 Å². The van der Waals surface area contributed by atoms with Gasteiger partial charge in [-0.15, -0.1) is 5.10 Å². The lowest BCUT2D eigenvalue weighted by molar-refractivity contribution is -0.142. The molecule has 1 N–H and O–H groups in total. The Morgan fingerprint density at radius 3 is 2.52 bits per heavy atom. The number of carbonyl (C=O) groups excluding carboxylic acids is 2. The molecule has 1 aliphatic heterocycles. The topological polar surface area (TPSA) is 107 Å². The van der Waals surface area contributed by atoms with E-state index in [2.05, 4.69) is 34.7 Å². The number of ether oxygens (including phenoxy) is 1. The number of fused-ring (bicyclic) bond motifs is 2. The fourth-order valence-corrected chi connectivity index (χ4v) is 5.71. The van der Waals surface area contributed by atoms with Crippen molar-refractivity contribution >= 4 is 33.9 Å². The summed E-state index contributed by atoms with van der Waals surface area (Å²) in [5.74, 6) is -0.0309. The van der Waals surface area contributed by atoms with Crippen molar-refractivity contribution in [3.05, 3.63) is 89.7 Å². The van der Waals surface area contributed by atoms with Gasteiger partial charge in [0.05, 0.1) is 22.7 Å². The molecule has 10 nitrogen and oxygen atoms in total. The first-order valence-corrected chi connectivity index (χ1v) is 14.4. The summed E-state index contributed by atoms with van der Waals surface area (Å²) < 4.78 is 9.26. The summed E-state index contributed by atoms with van der Waals surface area (Å²) in [4.78, 5) is 34.9. The fraction of sp³-hybridized carbons (Fsp3) is 0.344. The number of amides is 2. The molecule has 0 unspecified atom stereocenters. The maximum absolute atomic E-state index is 14.3. The van der Waals surface area contributed by atoms with Gasteiger partial charge in [-0.1, -0.05) is 53.7 Å². The van der Waals surface area contributed by atoms with Crippen molar-refractivity contribution in [3.63, 3.8) is 0 Å². The van der Waals surface area contributed by atoms with Crippen LogP contribution in [-0.4, -0.2) is 67.1 Å². The minimum Gasteiger partial charge on any atom is -0.376 e. The van der Waals surface area contributed by atoms with E-state index in [1.807, 2.05) is 72.3 Å². The van der Waals surface area contributed by atoms with Crippen molar-refractivity contribution in [2.45, 2.75) is 44.9 Å². The van der Waals surface area contributed by atoms with E-state index in [4.69, 9.17) is 9.72 Å². The minimum absolute atomic E-state index is 0.0346. The number of imidazole rings is 1. The molecule has 2 amide bonds. The maximum Gasteiger partial charge on any atom is 0.250 e. The first kappa shape index (κ1) is 27.6. The van der Waals surface area contributed by atoms with Gasteiger partial charge in [-0.3, -0.25) is 9.59 Å². The number of benzene rings is 3. The smallest absolute Gasteiger partial charge is 0.250 e. The zero-order valence-corrected chi connectivity index (χ0v) is 23.9. The zero-order chi connectivity index (χ0) is 29.1. The lowest BCUT2D eigenvalue weighted by Crippen LogP contribution is -2.48. The second-order valence-electron chi connectivity index (χ2n) is 10.8. The maximum atomic E-state index is 14.3. The Balaban J connectivity index is 1.39. The van der Waals surface area contributed by atoms with Crippen molar-refractivity contribution in [3.8, 4) is 0 Å². The van der Waals surface area contributed by atoms with Gasteiger partial charge in [-0.05, 0) is 61.6 Å². The second kappa shape index (κ2) is 12.1. The molecule has 0 radical (unpaired) electrons. The molecule has 0 spiro atoms. The van der Waals surface area contributed by atoms with Crippen LogP contribution in [0.2, 0.25) is 0 Å². The Hall–Kier alpha value is -4.57. The van der Waals surface area contributed by atoms with Crippen LogP contribution in [0.4, 0.5) is 0 Å². The second-order valence-corrected chi connectivity index (χ2v) is 10.8. The van der Waals surface area contributed by atoms with Crippen LogP contribution in [0.25, 0.3) is 22.1 Å². The summed E-state index contributed by atoms with van der Waals surface area (Å²) in [6.07, 6.45) is 2.41. The van der Waals surface area contributed by atoms with E-state index in [1.54, 1.807) is 9.58 Å². The number of para-hydroxylation sites is 3. The number of nitrogens with zero attached hydrogens (tertiary/aromatic N) is 6. The molecule has 10 heteroatoms. The number of hydrogen-bond donors (Lipinski definition) is 1. The molecule has 1 fully saturated rings. The van der Waals surface area contributed by atoms with Gasteiger partial charge in [0, 0.05) is 26.7 Å². The van der Waals surface area contributed by atoms with Crippen molar-refractivity contribution in [2.75, 3.05) is 19.7 Å². The number of aromatic nitrogens is 5. The lowest BCUT2D eigenvalue weighted by atomic mass is 10.0. The summed E-state index contributed by atoms with van der Waals surface area (Å²) in [5.41, 5.74) is 5.36. The Bertz CT molecular complexity index is 1720. The average Bonchev–Trinajstić information content (AvgIpc) is 3.75. The molecule has 6 rings (SSSR count). The molecular weight excluding hydrogens is 530 g/mol. The number of rotatable bonds is 10. The standard InChI is InChI=1S/C32H35N7O3/c1-22-10-3-4-11-23(22)17-18-38(29(40)21-39-28-16-8-6-14-26(28)35-36-39)30(32(41)33-20-24-12-9-19-42-24)31-34-25-13-5-7-15-27(25)37(31)2/h3-8,10-11,13-16,24,30H,9,12,17-21H2,1-2H3,(H,33,41)/t24-,30+/m1/s1. The van der Waals surface area contributed by atoms with Gasteiger partial charge in [0.15, 0.2) is 6.04 Å². The molecule has 1 aliphatic rings. The molecule has 1 saturated heterocycles. The quantitative estimate of drug-likeness (QED) is 0.277. The van der Waals surface area contributed by atoms with E-state index < -0.39 is 6.04 Å². The predicted octanol–water partition coefficient (Wildman–Crippen LogP) is 3.73. The Morgan fingerprint density at radius 2 is 1.76 bits per heavy atom. The molecule has 2 aromatic heterocycles. The fourth-order valence-electron chi connectivity index (χ4n) is 5.71. The number of aryl methyl sites for hydroxylation is 2. The van der Waals surface area contributed by atoms with E-state index >= 15 is 0 Å². The molecule has 42 heavy (non-hydrogen) atoms. The van der Waals surface area contributed by atoms with Crippen molar-refractivity contribution < 1.29 is 14.3 Å². The molecule has 3 heterocycles. The molecule has 0 aliphatic carbocycles. The summed E-state index contributed by atoms with van der Waals surface area (Å²) in [5, 5.41) is 11.6. The minimum atomic E-state index is -0.963. The molecule has 0 bridgehead atoms. The van der Waals surface area contributed by atoms with Crippen LogP contribution < -0.4 is 5.32 Å². The highest BCUT2D eigenvalue weighted by Crippen LogP contribution is 2.26. The summed E-state index contributed by atoms with van der Waals surface area (Å²) in [6, 6.07) is 22.4. The van der Waals surface area contributed by atoms with Crippen LogP contribution in [0.3, 0.4) is 0 Å². The highest BCUT2D eigenvalue weighted by Gasteiger charge is 2.36. The lowest BCUT2D eigenvalue weighted by Gasteiger charge is -2.31. The van der Waals surface area contributed by atoms with Gasteiger partial charge in [-0.25, -0.2) is 9.67 Å². The van der Waals surface area contributed by atoms with E-state index in [0.29, 0.717) is 37.5 Å². The van der Waals surface area contributed by atoms with Crippen molar-refractivity contribution in [2.24, 2.45) is 7.05 Å². The molecule has 5 aromatic rings. The van der Waals surface area contributed by atoms with Crippen molar-refractivity contribution in [1.29, 1.82) is 0 Å². The molecule has 2 atom stereocenters. The summed E-state index contributed by atoms with van der Waals surface area (Å²) in [6.45, 7) is 3.39. The Labute approximate surface area is 244 Å². The van der Waals surface area contributed by atoms with E-state index in [-0.39, 0.29) is 24.5 Å². The van der Waals surface area contributed by atoms with E-state index in [1.165, 1.54) is 0 Å². The Kier molecular flexibility index (Phi) is 7.96. The third-order valence-corrected chi connectivity index (χ3v) is 8.06. The largest absolute Gasteiger partial charge is 0.376 e. The van der Waals surface area contributed by atoms with Gasteiger partial charge < -0.3 is 19.5 Å². The number of nitrogens with one attached hydrogen (secondary N) is 1. The first-order chi connectivity index (χ1) is 20.5. The monoisotopic (exact) mass is 565 g/mol. The van der Waals surface area contributed by atoms with Gasteiger partial charge in [0.2, 0.25) is 5.91 Å². The van der Waals surface area contributed by atoms with Crippen LogP contribution in [0.15, 0.2) is 72.8 Å². The van der Waals surface area contributed by atoms with Gasteiger partial charge in [-0.2, -0.15) is 0 Å². The molecular formula is C32H35N7O3. The number of hydrogen-bond acceptors (Lipinski definition) is 6. The normalized spacial score (nSPS) is 15.7. The zero-order valence-electron chi connectivity index (χ0n) is 23.9. The van der Waals surface area contributed by atoms with Crippen LogP contribution in [-0.2, 0) is 34.3 Å². The highest BCUT2D eigenvalue weighted by atomic mass is 16.5. The van der Waals surface area contributed by atoms with Crippen LogP contribution in [0, 0.1) is 6.92 Å². The molecule has 3 aromatic carbocycles. The van der Waals surface area contributed by atoms with Crippen LogP contribution >= 0.6 is 0 Å². The average molecular weight is 566 g/mol. The molecule has 0 saturated carbocycles. The third-order valence-electron chi connectivity index (χ3n) is 8.06. The van der Waals surface area contributed by atoms with Gasteiger partial charge in [0.25, 0.3) is 5.91 Å².